The van der Waals surface area contributed by atoms with Crippen LogP contribution in [-0.4, -0.2) is 19.1 Å². The van der Waals surface area contributed by atoms with Crippen LogP contribution < -0.4 is 14.8 Å². The third-order valence-electron chi connectivity index (χ3n) is 3.48. The van der Waals surface area contributed by atoms with E-state index in [2.05, 4.69) is 5.32 Å². The lowest BCUT2D eigenvalue weighted by Crippen LogP contribution is -2.19. The van der Waals surface area contributed by atoms with Gasteiger partial charge in [0, 0.05) is 0 Å². The first-order valence-corrected chi connectivity index (χ1v) is 7.28. The SMILES string of the molecule is O=C(Cc1ccc2c(c1)OCCO2)Nc1ccccc1C(F)(F)F. The Morgan fingerprint density at radius 1 is 1.04 bits per heavy atom. The molecule has 4 nitrogen and oxygen atoms in total. The Morgan fingerprint density at radius 2 is 1.75 bits per heavy atom. The molecule has 1 heterocycles. The van der Waals surface area contributed by atoms with Crippen LogP contribution in [0, 0.1) is 0 Å². The summed E-state index contributed by atoms with van der Waals surface area (Å²) in [6.07, 6.45) is -4.59. The van der Waals surface area contributed by atoms with Gasteiger partial charge in [-0.05, 0) is 29.8 Å². The van der Waals surface area contributed by atoms with Crippen LogP contribution in [0.4, 0.5) is 18.9 Å². The second-order valence-electron chi connectivity index (χ2n) is 5.25. The summed E-state index contributed by atoms with van der Waals surface area (Å²) in [5.41, 5.74) is -0.505. The topological polar surface area (TPSA) is 47.6 Å². The van der Waals surface area contributed by atoms with Crippen LogP contribution in [0.2, 0.25) is 0 Å². The van der Waals surface area contributed by atoms with Crippen LogP contribution in [-0.2, 0) is 17.4 Å². The number of ether oxygens (including phenoxy) is 2. The zero-order chi connectivity index (χ0) is 17.2. The minimum atomic E-state index is -4.53. The van der Waals surface area contributed by atoms with E-state index in [0.29, 0.717) is 30.3 Å². The summed E-state index contributed by atoms with van der Waals surface area (Å²) in [7, 11) is 0. The van der Waals surface area contributed by atoms with Crippen molar-refractivity contribution >= 4 is 11.6 Å². The van der Waals surface area contributed by atoms with Crippen molar-refractivity contribution in [3.63, 3.8) is 0 Å². The van der Waals surface area contributed by atoms with Crippen LogP contribution in [0.5, 0.6) is 11.5 Å². The lowest BCUT2D eigenvalue weighted by molar-refractivity contribution is -0.137. The maximum Gasteiger partial charge on any atom is 0.418 e. The first-order chi connectivity index (χ1) is 11.4. The smallest absolute Gasteiger partial charge is 0.418 e. The molecule has 1 aliphatic rings. The number of hydrogen-bond donors (Lipinski definition) is 1. The fourth-order valence-corrected chi connectivity index (χ4v) is 2.42. The number of carbonyl (C=O) groups is 1. The molecule has 0 spiro atoms. The van der Waals surface area contributed by atoms with E-state index in [1.54, 1.807) is 18.2 Å². The number of para-hydroxylation sites is 1. The van der Waals surface area contributed by atoms with Gasteiger partial charge in [-0.3, -0.25) is 4.79 Å². The minimum absolute atomic E-state index is 0.0666. The number of halogens is 3. The lowest BCUT2D eigenvalue weighted by atomic mass is 10.1. The number of benzene rings is 2. The van der Waals surface area contributed by atoms with Gasteiger partial charge in [0.05, 0.1) is 17.7 Å². The van der Waals surface area contributed by atoms with E-state index >= 15 is 0 Å². The molecule has 0 atom stereocenters. The predicted octanol–water partition coefficient (Wildman–Crippen LogP) is 3.66. The lowest BCUT2D eigenvalue weighted by Gasteiger charge is -2.19. The summed E-state index contributed by atoms with van der Waals surface area (Å²) in [4.78, 5) is 12.1. The van der Waals surface area contributed by atoms with Gasteiger partial charge in [0.2, 0.25) is 5.91 Å². The molecule has 2 aromatic rings. The molecule has 126 valence electrons. The Kier molecular flexibility index (Phi) is 4.33. The quantitative estimate of drug-likeness (QED) is 0.930. The number of carbonyl (C=O) groups excluding carboxylic acids is 1. The van der Waals surface area contributed by atoms with Gasteiger partial charge < -0.3 is 14.8 Å². The fraction of sp³-hybridized carbons (Fsp3) is 0.235. The number of nitrogens with one attached hydrogen (secondary N) is 1. The summed E-state index contributed by atoms with van der Waals surface area (Å²) < 4.78 is 49.6. The molecule has 0 saturated heterocycles. The third-order valence-corrected chi connectivity index (χ3v) is 3.48. The van der Waals surface area contributed by atoms with E-state index in [-0.39, 0.29) is 12.1 Å². The highest BCUT2D eigenvalue weighted by Crippen LogP contribution is 2.35. The predicted molar refractivity (Wildman–Crippen MR) is 81.2 cm³/mol. The summed E-state index contributed by atoms with van der Waals surface area (Å²) in [6, 6.07) is 9.89. The van der Waals surface area contributed by atoms with Crippen LogP contribution >= 0.6 is 0 Å². The average molecular weight is 337 g/mol. The second kappa shape index (κ2) is 6.43. The number of hydrogen-bond acceptors (Lipinski definition) is 3. The molecule has 7 heteroatoms. The van der Waals surface area contributed by atoms with Crippen molar-refractivity contribution in [2.45, 2.75) is 12.6 Å². The second-order valence-corrected chi connectivity index (χ2v) is 5.25. The molecule has 1 N–H and O–H groups in total. The molecule has 1 aliphatic heterocycles. The highest BCUT2D eigenvalue weighted by atomic mass is 19.4. The summed E-state index contributed by atoms with van der Waals surface area (Å²) in [5, 5.41) is 2.31. The monoisotopic (exact) mass is 337 g/mol. The highest BCUT2D eigenvalue weighted by molar-refractivity contribution is 5.93. The van der Waals surface area contributed by atoms with Crippen molar-refractivity contribution in [2.24, 2.45) is 0 Å². The van der Waals surface area contributed by atoms with Gasteiger partial charge in [-0.2, -0.15) is 13.2 Å². The summed E-state index contributed by atoms with van der Waals surface area (Å²) in [5.74, 6) is 0.582. The maximum absolute atomic E-state index is 12.9. The van der Waals surface area contributed by atoms with Crippen molar-refractivity contribution < 1.29 is 27.4 Å². The fourth-order valence-electron chi connectivity index (χ4n) is 2.42. The average Bonchev–Trinajstić information content (AvgIpc) is 2.54. The molecule has 0 aliphatic carbocycles. The normalized spacial score (nSPS) is 13.5. The molecule has 0 saturated carbocycles. The molecular formula is C17H14F3NO3. The number of alkyl halides is 3. The molecule has 2 aromatic carbocycles. The number of anilines is 1. The van der Waals surface area contributed by atoms with Crippen molar-refractivity contribution in [2.75, 3.05) is 18.5 Å². The first-order valence-electron chi connectivity index (χ1n) is 7.28. The van der Waals surface area contributed by atoms with Crippen molar-refractivity contribution in [3.05, 3.63) is 53.6 Å². The van der Waals surface area contributed by atoms with E-state index < -0.39 is 17.6 Å². The largest absolute Gasteiger partial charge is 0.486 e. The summed E-state index contributed by atoms with van der Waals surface area (Å²) >= 11 is 0. The van der Waals surface area contributed by atoms with Crippen molar-refractivity contribution in [1.82, 2.24) is 0 Å². The molecule has 0 bridgehead atoms. The van der Waals surface area contributed by atoms with Gasteiger partial charge in [-0.15, -0.1) is 0 Å². The van der Waals surface area contributed by atoms with Crippen LogP contribution in [0.3, 0.4) is 0 Å². The molecule has 1 amide bonds. The van der Waals surface area contributed by atoms with Gasteiger partial charge in [0.15, 0.2) is 11.5 Å². The van der Waals surface area contributed by atoms with Gasteiger partial charge in [-0.1, -0.05) is 18.2 Å². The molecule has 0 unspecified atom stereocenters. The highest BCUT2D eigenvalue weighted by Gasteiger charge is 2.33. The van der Waals surface area contributed by atoms with Gasteiger partial charge in [-0.25, -0.2) is 0 Å². The Morgan fingerprint density at radius 3 is 2.50 bits per heavy atom. The zero-order valence-electron chi connectivity index (χ0n) is 12.5. The molecule has 24 heavy (non-hydrogen) atoms. The number of fused-ring (bicyclic) bond motifs is 1. The van der Waals surface area contributed by atoms with Gasteiger partial charge in [0.1, 0.15) is 13.2 Å². The Balaban J connectivity index is 1.73. The van der Waals surface area contributed by atoms with E-state index in [0.717, 1.165) is 6.07 Å². The van der Waals surface area contributed by atoms with Gasteiger partial charge >= 0.3 is 6.18 Å². The third kappa shape index (κ3) is 3.61. The molecule has 0 fully saturated rings. The van der Waals surface area contributed by atoms with Crippen LogP contribution in [0.15, 0.2) is 42.5 Å². The minimum Gasteiger partial charge on any atom is -0.486 e. The van der Waals surface area contributed by atoms with Crippen LogP contribution in [0.25, 0.3) is 0 Å². The van der Waals surface area contributed by atoms with Crippen molar-refractivity contribution in [1.29, 1.82) is 0 Å². The molecule has 0 radical (unpaired) electrons. The zero-order valence-corrected chi connectivity index (χ0v) is 12.5. The number of rotatable bonds is 3. The van der Waals surface area contributed by atoms with Crippen molar-refractivity contribution in [3.8, 4) is 11.5 Å². The molecule has 3 rings (SSSR count). The molecule has 0 aromatic heterocycles. The van der Waals surface area contributed by atoms with E-state index in [1.807, 2.05) is 0 Å². The van der Waals surface area contributed by atoms with E-state index in [4.69, 9.17) is 9.47 Å². The Labute approximate surface area is 136 Å². The summed E-state index contributed by atoms with van der Waals surface area (Å²) in [6.45, 7) is 0.878. The Bertz CT molecular complexity index is 759. The molecular weight excluding hydrogens is 323 g/mol. The van der Waals surface area contributed by atoms with E-state index in [1.165, 1.54) is 18.2 Å². The maximum atomic E-state index is 12.9. The van der Waals surface area contributed by atoms with E-state index in [9.17, 15) is 18.0 Å². The number of amides is 1. The standard InChI is InChI=1S/C17H14F3NO3/c18-17(19,20)12-3-1-2-4-13(12)21-16(22)10-11-5-6-14-15(9-11)24-8-7-23-14/h1-6,9H,7-8,10H2,(H,21,22). The van der Waals surface area contributed by atoms with Crippen LogP contribution in [0.1, 0.15) is 11.1 Å². The van der Waals surface area contributed by atoms with Gasteiger partial charge in [0.25, 0.3) is 0 Å². The Hall–Kier alpha value is -2.70. The first kappa shape index (κ1) is 16.2.